The minimum absolute atomic E-state index is 0.0680. The molecule has 3 rings (SSSR count). The van der Waals surface area contributed by atoms with Crippen molar-refractivity contribution < 1.29 is 4.79 Å². The fourth-order valence-corrected chi connectivity index (χ4v) is 3.30. The SMILES string of the molecule is CCN(CC)c1ccc(C(=O)N2CCC[C@@H](n3ccnc3)C2)cn1. The Hall–Kier alpha value is -2.37. The Balaban J connectivity index is 1.69. The van der Waals surface area contributed by atoms with E-state index in [4.69, 9.17) is 0 Å². The summed E-state index contributed by atoms with van der Waals surface area (Å²) in [6.45, 7) is 7.57. The second-order valence-electron chi connectivity index (χ2n) is 6.13. The van der Waals surface area contributed by atoms with Crippen LogP contribution in [0.5, 0.6) is 0 Å². The third kappa shape index (κ3) is 3.42. The highest BCUT2D eigenvalue weighted by Gasteiger charge is 2.25. The number of rotatable bonds is 5. The van der Waals surface area contributed by atoms with Gasteiger partial charge in [0.05, 0.1) is 17.9 Å². The maximum atomic E-state index is 12.8. The van der Waals surface area contributed by atoms with E-state index in [-0.39, 0.29) is 5.91 Å². The lowest BCUT2D eigenvalue weighted by molar-refractivity contribution is 0.0679. The van der Waals surface area contributed by atoms with Gasteiger partial charge in [0.15, 0.2) is 0 Å². The number of imidazole rings is 1. The number of pyridine rings is 1. The van der Waals surface area contributed by atoms with E-state index in [1.807, 2.05) is 29.6 Å². The zero-order valence-corrected chi connectivity index (χ0v) is 14.4. The molecule has 0 unspecified atom stereocenters. The van der Waals surface area contributed by atoms with Crippen LogP contribution in [0.2, 0.25) is 0 Å². The van der Waals surface area contributed by atoms with Crippen LogP contribution in [0, 0.1) is 0 Å². The van der Waals surface area contributed by atoms with Gasteiger partial charge in [0, 0.05) is 44.8 Å². The van der Waals surface area contributed by atoms with Gasteiger partial charge in [-0.25, -0.2) is 9.97 Å². The number of likely N-dealkylation sites (tertiary alicyclic amines) is 1. The van der Waals surface area contributed by atoms with Gasteiger partial charge in [-0.05, 0) is 38.8 Å². The van der Waals surface area contributed by atoms with Crippen LogP contribution in [0.25, 0.3) is 0 Å². The lowest BCUT2D eigenvalue weighted by Crippen LogP contribution is -2.40. The van der Waals surface area contributed by atoms with E-state index in [0.29, 0.717) is 11.6 Å². The van der Waals surface area contributed by atoms with Crippen LogP contribution in [0.4, 0.5) is 5.82 Å². The molecule has 0 N–H and O–H groups in total. The molecule has 2 aromatic rings. The van der Waals surface area contributed by atoms with Gasteiger partial charge in [-0.1, -0.05) is 0 Å². The molecular formula is C18H25N5O. The van der Waals surface area contributed by atoms with Crippen molar-refractivity contribution >= 4 is 11.7 Å². The zero-order chi connectivity index (χ0) is 16.9. The number of hydrogen-bond donors (Lipinski definition) is 0. The predicted octanol–water partition coefficient (Wildman–Crippen LogP) is 2.60. The van der Waals surface area contributed by atoms with E-state index in [1.54, 1.807) is 12.4 Å². The van der Waals surface area contributed by atoms with Gasteiger partial charge in [0.2, 0.25) is 0 Å². The van der Waals surface area contributed by atoms with Gasteiger partial charge < -0.3 is 14.4 Å². The summed E-state index contributed by atoms with van der Waals surface area (Å²) in [5.41, 5.74) is 0.664. The molecule has 1 atom stereocenters. The first-order chi connectivity index (χ1) is 11.7. The number of carbonyl (C=O) groups is 1. The number of carbonyl (C=O) groups excluding carboxylic acids is 1. The van der Waals surface area contributed by atoms with Crippen molar-refractivity contribution in [2.24, 2.45) is 0 Å². The number of nitrogens with zero attached hydrogens (tertiary/aromatic N) is 5. The molecule has 1 aliphatic rings. The molecule has 1 saturated heterocycles. The third-order valence-electron chi connectivity index (χ3n) is 4.71. The van der Waals surface area contributed by atoms with Crippen LogP contribution >= 0.6 is 0 Å². The van der Waals surface area contributed by atoms with Gasteiger partial charge in [0.25, 0.3) is 5.91 Å². The number of amides is 1. The summed E-state index contributed by atoms with van der Waals surface area (Å²) in [5.74, 6) is 0.991. The van der Waals surface area contributed by atoms with E-state index >= 15 is 0 Å². The van der Waals surface area contributed by atoms with Crippen molar-refractivity contribution in [1.82, 2.24) is 19.4 Å². The van der Waals surface area contributed by atoms with E-state index in [1.165, 1.54) is 0 Å². The van der Waals surface area contributed by atoms with Gasteiger partial charge in [-0.3, -0.25) is 4.79 Å². The predicted molar refractivity (Wildman–Crippen MR) is 94.2 cm³/mol. The van der Waals surface area contributed by atoms with Crippen molar-refractivity contribution in [2.45, 2.75) is 32.7 Å². The Labute approximate surface area is 143 Å². The van der Waals surface area contributed by atoms with Crippen LogP contribution in [-0.2, 0) is 0 Å². The standard InChI is InChI=1S/C18H25N5O/c1-3-21(4-2)17-8-7-15(12-20-17)18(24)22-10-5-6-16(13-22)23-11-9-19-14-23/h7-9,11-12,14,16H,3-6,10,13H2,1-2H3/t16-/m1/s1. The number of aromatic nitrogens is 3. The van der Waals surface area contributed by atoms with Gasteiger partial charge in [-0.2, -0.15) is 0 Å². The normalized spacial score (nSPS) is 17.8. The first kappa shape index (κ1) is 16.5. The van der Waals surface area contributed by atoms with Crippen molar-refractivity contribution in [3.8, 4) is 0 Å². The highest BCUT2D eigenvalue weighted by molar-refractivity contribution is 5.94. The lowest BCUT2D eigenvalue weighted by Gasteiger charge is -2.33. The monoisotopic (exact) mass is 327 g/mol. The minimum Gasteiger partial charge on any atom is -0.357 e. The summed E-state index contributed by atoms with van der Waals surface area (Å²) in [6.07, 6.45) is 9.39. The zero-order valence-electron chi connectivity index (χ0n) is 14.4. The van der Waals surface area contributed by atoms with E-state index in [9.17, 15) is 4.79 Å². The number of piperidine rings is 1. The lowest BCUT2D eigenvalue weighted by atomic mass is 10.0. The summed E-state index contributed by atoms with van der Waals surface area (Å²) in [6, 6.07) is 4.15. The molecule has 0 aliphatic carbocycles. The molecule has 0 saturated carbocycles. The first-order valence-electron chi connectivity index (χ1n) is 8.70. The summed E-state index contributed by atoms with van der Waals surface area (Å²) < 4.78 is 2.10. The van der Waals surface area contributed by atoms with Crippen molar-refractivity contribution in [3.63, 3.8) is 0 Å². The summed E-state index contributed by atoms with van der Waals surface area (Å²) >= 11 is 0. The Morgan fingerprint density at radius 3 is 2.79 bits per heavy atom. The van der Waals surface area contributed by atoms with Crippen LogP contribution < -0.4 is 4.90 Å². The second kappa shape index (κ2) is 7.47. The molecule has 3 heterocycles. The molecule has 2 aromatic heterocycles. The Morgan fingerprint density at radius 2 is 2.17 bits per heavy atom. The molecule has 0 aromatic carbocycles. The largest absolute Gasteiger partial charge is 0.357 e. The molecular weight excluding hydrogens is 302 g/mol. The maximum absolute atomic E-state index is 12.8. The van der Waals surface area contributed by atoms with Crippen LogP contribution in [-0.4, -0.2) is 51.5 Å². The summed E-state index contributed by atoms with van der Waals surface area (Å²) in [4.78, 5) is 25.5. The molecule has 6 heteroatoms. The molecule has 1 aliphatic heterocycles. The van der Waals surface area contributed by atoms with Crippen molar-refractivity contribution in [1.29, 1.82) is 0 Å². The first-order valence-corrected chi connectivity index (χ1v) is 8.70. The fraction of sp³-hybridized carbons (Fsp3) is 0.500. The smallest absolute Gasteiger partial charge is 0.255 e. The molecule has 0 radical (unpaired) electrons. The number of hydrogen-bond acceptors (Lipinski definition) is 4. The van der Waals surface area contributed by atoms with E-state index < -0.39 is 0 Å². The van der Waals surface area contributed by atoms with Crippen molar-refractivity contribution in [3.05, 3.63) is 42.6 Å². The molecule has 0 spiro atoms. The van der Waals surface area contributed by atoms with E-state index in [0.717, 1.165) is 44.8 Å². The molecule has 24 heavy (non-hydrogen) atoms. The van der Waals surface area contributed by atoms with Crippen LogP contribution in [0.15, 0.2) is 37.1 Å². The summed E-state index contributed by atoms with van der Waals surface area (Å²) in [7, 11) is 0. The van der Waals surface area contributed by atoms with Gasteiger partial charge in [0.1, 0.15) is 5.82 Å². The Bertz CT molecular complexity index is 649. The second-order valence-corrected chi connectivity index (χ2v) is 6.13. The highest BCUT2D eigenvalue weighted by Crippen LogP contribution is 2.23. The molecule has 128 valence electrons. The van der Waals surface area contributed by atoms with Crippen LogP contribution in [0.3, 0.4) is 0 Å². The fourth-order valence-electron chi connectivity index (χ4n) is 3.30. The topological polar surface area (TPSA) is 54.3 Å². The molecule has 1 amide bonds. The average Bonchev–Trinajstić information content (AvgIpc) is 3.18. The van der Waals surface area contributed by atoms with Crippen molar-refractivity contribution in [2.75, 3.05) is 31.1 Å². The molecule has 6 nitrogen and oxygen atoms in total. The summed E-state index contributed by atoms with van der Waals surface area (Å²) in [5, 5.41) is 0. The molecule has 0 bridgehead atoms. The van der Waals surface area contributed by atoms with E-state index in [2.05, 4.69) is 33.3 Å². The minimum atomic E-state index is 0.0680. The average molecular weight is 327 g/mol. The molecule has 1 fully saturated rings. The maximum Gasteiger partial charge on any atom is 0.255 e. The van der Waals surface area contributed by atoms with Crippen LogP contribution in [0.1, 0.15) is 43.1 Å². The quantitative estimate of drug-likeness (QED) is 0.847. The third-order valence-corrected chi connectivity index (χ3v) is 4.71. The highest BCUT2D eigenvalue weighted by atomic mass is 16.2. The van der Waals surface area contributed by atoms with Gasteiger partial charge in [-0.15, -0.1) is 0 Å². The Kier molecular flexibility index (Phi) is 5.13. The van der Waals surface area contributed by atoms with Gasteiger partial charge >= 0.3 is 0 Å². The Morgan fingerprint density at radius 1 is 1.33 bits per heavy atom. The number of anilines is 1.